The molecule has 1 aromatic rings. The van der Waals surface area contributed by atoms with Crippen molar-refractivity contribution in [2.24, 2.45) is 0 Å². The van der Waals surface area contributed by atoms with Crippen LogP contribution < -0.4 is 10.2 Å². The lowest BCUT2D eigenvalue weighted by Gasteiger charge is -2.22. The van der Waals surface area contributed by atoms with Gasteiger partial charge in [0, 0.05) is 11.7 Å². The van der Waals surface area contributed by atoms with Gasteiger partial charge in [0.2, 0.25) is 5.91 Å². The van der Waals surface area contributed by atoms with Gasteiger partial charge in [0.15, 0.2) is 0 Å². The summed E-state index contributed by atoms with van der Waals surface area (Å²) >= 11 is 0. The van der Waals surface area contributed by atoms with E-state index >= 15 is 0 Å². The summed E-state index contributed by atoms with van der Waals surface area (Å²) in [5.74, 6) is -1.28. The molecule has 0 aliphatic carbocycles. The Labute approximate surface area is 113 Å². The number of nitrogens with one attached hydrogen (secondary N) is 1. The maximum atomic E-state index is 12.1. The topological polar surface area (TPSA) is 69.6 Å². The summed E-state index contributed by atoms with van der Waals surface area (Å²) in [4.78, 5) is 24.2. The third-order valence-electron chi connectivity index (χ3n) is 2.60. The Hall–Kier alpha value is -1.88. The van der Waals surface area contributed by atoms with E-state index < -0.39 is 5.97 Å². The maximum Gasteiger partial charge on any atom is 0.323 e. The summed E-state index contributed by atoms with van der Waals surface area (Å²) in [5.41, 5.74) is 1.66. The number of nitrogens with zero attached hydrogens (tertiary/aromatic N) is 1. The van der Waals surface area contributed by atoms with E-state index in [9.17, 15) is 9.59 Å². The van der Waals surface area contributed by atoms with Gasteiger partial charge in [-0.3, -0.25) is 9.59 Å². The van der Waals surface area contributed by atoms with Crippen LogP contribution in [-0.4, -0.2) is 36.1 Å². The summed E-state index contributed by atoms with van der Waals surface area (Å²) in [6, 6.07) is 7.39. The van der Waals surface area contributed by atoms with Gasteiger partial charge in [-0.15, -0.1) is 0 Å². The Balaban J connectivity index is 2.84. The molecule has 1 amide bonds. The summed E-state index contributed by atoms with van der Waals surface area (Å²) in [6.45, 7) is 5.59. The van der Waals surface area contributed by atoms with Crippen LogP contribution in [0, 0.1) is 6.92 Å². The zero-order valence-electron chi connectivity index (χ0n) is 11.5. The number of benzene rings is 1. The Morgan fingerprint density at radius 2 is 1.84 bits per heavy atom. The van der Waals surface area contributed by atoms with Crippen LogP contribution in [0.25, 0.3) is 0 Å². The molecule has 0 heterocycles. The lowest BCUT2D eigenvalue weighted by Crippen LogP contribution is -2.42. The van der Waals surface area contributed by atoms with E-state index in [2.05, 4.69) is 5.32 Å². The van der Waals surface area contributed by atoms with Crippen molar-refractivity contribution in [3.63, 3.8) is 0 Å². The number of aliphatic carboxylic acids is 1. The fraction of sp³-hybridized carbons (Fsp3) is 0.429. The van der Waals surface area contributed by atoms with Crippen molar-refractivity contribution in [1.29, 1.82) is 0 Å². The zero-order chi connectivity index (χ0) is 14.4. The average Bonchev–Trinajstić information content (AvgIpc) is 2.34. The first-order valence-electron chi connectivity index (χ1n) is 6.22. The number of aryl methyl sites for hydroxylation is 1. The second-order valence-electron chi connectivity index (χ2n) is 4.74. The number of hydrogen-bond acceptors (Lipinski definition) is 3. The predicted molar refractivity (Wildman–Crippen MR) is 74.3 cm³/mol. The summed E-state index contributed by atoms with van der Waals surface area (Å²) in [7, 11) is 0. The van der Waals surface area contributed by atoms with Gasteiger partial charge in [-0.1, -0.05) is 31.5 Å². The molecule has 5 heteroatoms. The first-order valence-corrected chi connectivity index (χ1v) is 6.22. The third-order valence-corrected chi connectivity index (χ3v) is 2.60. The smallest absolute Gasteiger partial charge is 0.323 e. The largest absolute Gasteiger partial charge is 0.480 e. The minimum absolute atomic E-state index is 0.124. The summed E-state index contributed by atoms with van der Waals surface area (Å²) in [5, 5.41) is 11.9. The van der Waals surface area contributed by atoms with Crippen molar-refractivity contribution in [1.82, 2.24) is 5.32 Å². The van der Waals surface area contributed by atoms with Gasteiger partial charge in [0.25, 0.3) is 0 Å². The molecular weight excluding hydrogens is 244 g/mol. The number of hydrogen-bond donors (Lipinski definition) is 2. The highest BCUT2D eigenvalue weighted by atomic mass is 16.4. The molecular formula is C14H20N2O3. The molecule has 0 fully saturated rings. The fourth-order valence-electron chi connectivity index (χ4n) is 1.57. The van der Waals surface area contributed by atoms with Crippen molar-refractivity contribution in [3.05, 3.63) is 29.8 Å². The van der Waals surface area contributed by atoms with E-state index in [1.54, 1.807) is 12.1 Å². The number of anilines is 1. The van der Waals surface area contributed by atoms with Crippen molar-refractivity contribution >= 4 is 17.6 Å². The second kappa shape index (κ2) is 6.89. The van der Waals surface area contributed by atoms with Crippen LogP contribution >= 0.6 is 0 Å². The Morgan fingerprint density at radius 3 is 2.32 bits per heavy atom. The predicted octanol–water partition coefficient (Wildman–Crippen LogP) is 1.41. The quantitative estimate of drug-likeness (QED) is 0.815. The molecule has 0 saturated carbocycles. The molecule has 0 unspecified atom stereocenters. The minimum Gasteiger partial charge on any atom is -0.480 e. The molecule has 5 nitrogen and oxygen atoms in total. The van der Waals surface area contributed by atoms with Crippen molar-refractivity contribution in [3.8, 4) is 0 Å². The number of carbonyl (C=O) groups excluding carboxylic acids is 1. The minimum atomic E-state index is -1.03. The van der Waals surface area contributed by atoms with E-state index in [1.165, 1.54) is 4.90 Å². The van der Waals surface area contributed by atoms with E-state index in [0.29, 0.717) is 5.69 Å². The van der Waals surface area contributed by atoms with Gasteiger partial charge in [-0.2, -0.15) is 0 Å². The van der Waals surface area contributed by atoms with Crippen LogP contribution in [0.1, 0.15) is 19.4 Å². The molecule has 1 aromatic carbocycles. The lowest BCUT2D eigenvalue weighted by atomic mass is 10.2. The number of carboxylic acid groups (broad SMARTS) is 1. The van der Waals surface area contributed by atoms with E-state index in [4.69, 9.17) is 5.11 Å². The Bertz CT molecular complexity index is 441. The fourth-order valence-corrected chi connectivity index (χ4v) is 1.57. The molecule has 0 bridgehead atoms. The molecule has 2 N–H and O–H groups in total. The zero-order valence-corrected chi connectivity index (χ0v) is 11.5. The number of rotatable bonds is 6. The molecule has 104 valence electrons. The number of carboxylic acids is 1. The molecule has 0 atom stereocenters. The lowest BCUT2D eigenvalue weighted by molar-refractivity contribution is -0.136. The van der Waals surface area contributed by atoms with Gasteiger partial charge in [0.05, 0.1) is 6.54 Å². The highest BCUT2D eigenvalue weighted by Crippen LogP contribution is 2.15. The third kappa shape index (κ3) is 5.09. The van der Waals surface area contributed by atoms with E-state index in [-0.39, 0.29) is 25.0 Å². The number of amides is 1. The molecule has 0 saturated heterocycles. The standard InChI is InChI=1S/C14H20N2O3/c1-10(2)15-8-13(17)16(9-14(18)19)12-6-4-11(3)5-7-12/h4-7,10,15H,8-9H2,1-3H3,(H,18,19). The van der Waals surface area contributed by atoms with Crippen molar-refractivity contribution in [2.75, 3.05) is 18.0 Å². The molecule has 0 aromatic heterocycles. The molecule has 19 heavy (non-hydrogen) atoms. The highest BCUT2D eigenvalue weighted by Gasteiger charge is 2.18. The van der Waals surface area contributed by atoms with Crippen LogP contribution in [-0.2, 0) is 9.59 Å². The Morgan fingerprint density at radius 1 is 1.26 bits per heavy atom. The summed E-state index contributed by atoms with van der Waals surface area (Å²) in [6.07, 6.45) is 0. The van der Waals surface area contributed by atoms with Crippen LogP contribution in [0.3, 0.4) is 0 Å². The van der Waals surface area contributed by atoms with Gasteiger partial charge in [-0.25, -0.2) is 0 Å². The van der Waals surface area contributed by atoms with Crippen molar-refractivity contribution in [2.45, 2.75) is 26.8 Å². The van der Waals surface area contributed by atoms with Gasteiger partial charge >= 0.3 is 5.97 Å². The normalized spacial score (nSPS) is 10.5. The molecule has 1 rings (SSSR count). The van der Waals surface area contributed by atoms with Crippen LogP contribution in [0.5, 0.6) is 0 Å². The maximum absolute atomic E-state index is 12.1. The summed E-state index contributed by atoms with van der Waals surface area (Å²) < 4.78 is 0. The van der Waals surface area contributed by atoms with Gasteiger partial charge < -0.3 is 15.3 Å². The highest BCUT2D eigenvalue weighted by molar-refractivity contribution is 5.98. The monoisotopic (exact) mass is 264 g/mol. The second-order valence-corrected chi connectivity index (χ2v) is 4.74. The average molecular weight is 264 g/mol. The van der Waals surface area contributed by atoms with Crippen molar-refractivity contribution < 1.29 is 14.7 Å². The van der Waals surface area contributed by atoms with Crippen LogP contribution in [0.15, 0.2) is 24.3 Å². The molecule has 0 radical (unpaired) electrons. The SMILES string of the molecule is Cc1ccc(N(CC(=O)O)C(=O)CNC(C)C)cc1. The van der Waals surface area contributed by atoms with E-state index in [1.807, 2.05) is 32.9 Å². The van der Waals surface area contributed by atoms with Crippen LogP contribution in [0.2, 0.25) is 0 Å². The first kappa shape index (κ1) is 15.2. The van der Waals surface area contributed by atoms with Gasteiger partial charge in [0.1, 0.15) is 6.54 Å². The molecule has 0 spiro atoms. The molecule has 0 aliphatic heterocycles. The van der Waals surface area contributed by atoms with E-state index in [0.717, 1.165) is 5.56 Å². The van der Waals surface area contributed by atoms with Crippen LogP contribution in [0.4, 0.5) is 5.69 Å². The first-order chi connectivity index (χ1) is 8.90. The number of carbonyl (C=O) groups is 2. The Kier molecular flexibility index (Phi) is 5.51. The molecule has 0 aliphatic rings. The van der Waals surface area contributed by atoms with Gasteiger partial charge in [-0.05, 0) is 19.1 Å².